The molecule has 0 aliphatic rings. The SMILES string of the molecule is CCCCCCCCC/C=C\CCCCCCCC(=O)NC(COP(=O)(O)OCC[N+](C)(C)C)C(O)/C=C/CCCCCCCCCCCCCCCCCCCCCCCCC. The summed E-state index contributed by atoms with van der Waals surface area (Å²) < 4.78 is 23.7. The van der Waals surface area contributed by atoms with Gasteiger partial charge in [-0.05, 0) is 44.9 Å². The van der Waals surface area contributed by atoms with Gasteiger partial charge in [-0.25, -0.2) is 4.57 Å². The first kappa shape index (κ1) is 62.0. The van der Waals surface area contributed by atoms with E-state index in [2.05, 4.69) is 31.3 Å². The van der Waals surface area contributed by atoms with Gasteiger partial charge in [0.2, 0.25) is 5.91 Å². The van der Waals surface area contributed by atoms with Crippen LogP contribution in [0.4, 0.5) is 0 Å². The average Bonchev–Trinajstić information content (AvgIpc) is 3.24. The van der Waals surface area contributed by atoms with Gasteiger partial charge in [0.25, 0.3) is 0 Å². The van der Waals surface area contributed by atoms with Crippen LogP contribution in [0.25, 0.3) is 0 Å². The van der Waals surface area contributed by atoms with Crippen LogP contribution in [0.15, 0.2) is 24.3 Å². The van der Waals surface area contributed by atoms with Crippen LogP contribution in [0, 0.1) is 0 Å². The molecule has 0 rings (SSSR count). The van der Waals surface area contributed by atoms with Gasteiger partial charge in [-0.1, -0.05) is 237 Å². The number of phosphoric acid groups is 1. The van der Waals surface area contributed by atoms with Crippen LogP contribution in [-0.2, 0) is 18.4 Å². The number of nitrogens with one attached hydrogen (secondary N) is 1. The number of aliphatic hydroxyl groups is 1. The van der Waals surface area contributed by atoms with Gasteiger partial charge in [-0.3, -0.25) is 13.8 Å². The molecule has 0 aliphatic heterocycles. The van der Waals surface area contributed by atoms with Crippen LogP contribution < -0.4 is 5.32 Å². The van der Waals surface area contributed by atoms with Crippen molar-refractivity contribution < 1.29 is 32.9 Å². The summed E-state index contributed by atoms with van der Waals surface area (Å²) in [7, 11) is 1.58. The first-order valence-electron chi connectivity index (χ1n) is 27.2. The Morgan fingerprint density at radius 1 is 0.524 bits per heavy atom. The monoisotopic (exact) mass is 912 g/mol. The number of carbonyl (C=O) groups excluding carboxylic acids is 1. The number of hydrogen-bond acceptors (Lipinski definition) is 5. The summed E-state index contributed by atoms with van der Waals surface area (Å²) in [6.45, 7) is 4.84. The first-order valence-corrected chi connectivity index (χ1v) is 28.7. The number of likely N-dealkylation sites (N-methyl/N-ethyl adjacent to an activating group) is 1. The number of amides is 1. The molecule has 0 saturated carbocycles. The van der Waals surface area contributed by atoms with Crippen LogP contribution in [0.1, 0.15) is 264 Å². The lowest BCUT2D eigenvalue weighted by Crippen LogP contribution is -2.45. The summed E-state index contributed by atoms with van der Waals surface area (Å²) in [6, 6.07) is -0.849. The van der Waals surface area contributed by atoms with Gasteiger partial charge in [-0.2, -0.15) is 0 Å². The fourth-order valence-corrected chi connectivity index (χ4v) is 8.83. The van der Waals surface area contributed by atoms with Gasteiger partial charge < -0.3 is 19.8 Å². The van der Waals surface area contributed by atoms with Crippen molar-refractivity contribution >= 4 is 13.7 Å². The quantitative estimate of drug-likeness (QED) is 0.0243. The fraction of sp³-hybridized carbons (Fsp3) is 0.907. The third-order valence-electron chi connectivity index (χ3n) is 12.4. The molecule has 1 amide bonds. The van der Waals surface area contributed by atoms with Crippen LogP contribution in [-0.4, -0.2) is 73.4 Å². The molecule has 63 heavy (non-hydrogen) atoms. The number of nitrogens with zero attached hydrogens (tertiary/aromatic N) is 1. The molecule has 0 spiro atoms. The zero-order valence-corrected chi connectivity index (χ0v) is 43.5. The van der Waals surface area contributed by atoms with Gasteiger partial charge in [0, 0.05) is 6.42 Å². The summed E-state index contributed by atoms with van der Waals surface area (Å²) in [4.78, 5) is 23.2. The van der Waals surface area contributed by atoms with Crippen LogP contribution in [0.5, 0.6) is 0 Å². The van der Waals surface area contributed by atoms with E-state index in [1.807, 2.05) is 27.2 Å². The van der Waals surface area contributed by atoms with Crippen molar-refractivity contribution in [3.8, 4) is 0 Å². The van der Waals surface area contributed by atoms with Crippen molar-refractivity contribution in [3.63, 3.8) is 0 Å². The van der Waals surface area contributed by atoms with E-state index in [1.165, 1.54) is 193 Å². The first-order chi connectivity index (χ1) is 30.5. The molecule has 0 aliphatic carbocycles. The molecule has 0 heterocycles. The van der Waals surface area contributed by atoms with Gasteiger partial charge in [0.05, 0.1) is 39.9 Å². The summed E-state index contributed by atoms with van der Waals surface area (Å²) in [5.74, 6) is -0.183. The van der Waals surface area contributed by atoms with Crippen molar-refractivity contribution in [2.24, 2.45) is 0 Å². The molecule has 0 aromatic rings. The number of carbonyl (C=O) groups is 1. The van der Waals surface area contributed by atoms with Gasteiger partial charge in [0.15, 0.2) is 0 Å². The van der Waals surface area contributed by atoms with Crippen LogP contribution in [0.3, 0.4) is 0 Å². The Balaban J connectivity index is 4.23. The molecule has 0 aromatic carbocycles. The molecule has 3 N–H and O–H groups in total. The van der Waals surface area contributed by atoms with Crippen LogP contribution >= 0.6 is 7.82 Å². The molecule has 3 atom stereocenters. The molecule has 374 valence electrons. The van der Waals surface area contributed by atoms with Gasteiger partial charge >= 0.3 is 7.82 Å². The summed E-state index contributed by atoms with van der Waals surface area (Å²) >= 11 is 0. The fourth-order valence-electron chi connectivity index (χ4n) is 8.10. The molecule has 0 saturated heterocycles. The lowest BCUT2D eigenvalue weighted by Gasteiger charge is -2.25. The largest absolute Gasteiger partial charge is 0.472 e. The molecule has 0 radical (unpaired) electrons. The highest BCUT2D eigenvalue weighted by Gasteiger charge is 2.27. The minimum Gasteiger partial charge on any atom is -0.387 e. The predicted molar refractivity (Wildman–Crippen MR) is 272 cm³/mol. The standard InChI is InChI=1S/C54H107N2O6P/c1-6-8-10-12-14-16-18-20-22-24-25-26-27-28-29-30-31-32-33-35-37-39-41-43-45-47-53(57)52(51-62-63(59,60)61-50-49-56(3,4)5)55-54(58)48-46-44-42-40-38-36-34-23-21-19-17-15-13-11-9-7-2/h23,34,45,47,52-53,57H,6-22,24-33,35-44,46,48-51H2,1-5H3,(H-,55,58,59,60)/p+1/b34-23-,47-45+. The third-order valence-corrected chi connectivity index (χ3v) is 13.4. The Hall–Kier alpha value is -1.02. The smallest absolute Gasteiger partial charge is 0.387 e. The number of rotatable bonds is 50. The maximum atomic E-state index is 12.9. The molecular weight excluding hydrogens is 804 g/mol. The Bertz CT molecular complexity index is 1080. The lowest BCUT2D eigenvalue weighted by atomic mass is 10.0. The molecule has 3 unspecified atom stereocenters. The number of allylic oxidation sites excluding steroid dienone is 3. The Morgan fingerprint density at radius 2 is 0.857 bits per heavy atom. The number of unbranched alkanes of at least 4 members (excludes halogenated alkanes) is 35. The topological polar surface area (TPSA) is 105 Å². The Labute approximate surface area is 392 Å². The lowest BCUT2D eigenvalue weighted by molar-refractivity contribution is -0.870. The Morgan fingerprint density at radius 3 is 1.22 bits per heavy atom. The van der Waals surface area contributed by atoms with E-state index in [9.17, 15) is 19.4 Å². The number of phosphoric ester groups is 1. The molecular formula is C54H108N2O6P+. The van der Waals surface area contributed by atoms with E-state index < -0.39 is 20.0 Å². The Kier molecular flexibility index (Phi) is 45.4. The molecule has 0 aromatic heterocycles. The van der Waals surface area contributed by atoms with E-state index in [-0.39, 0.29) is 19.1 Å². The minimum absolute atomic E-state index is 0.0614. The van der Waals surface area contributed by atoms with E-state index >= 15 is 0 Å². The zero-order chi connectivity index (χ0) is 46.4. The van der Waals surface area contributed by atoms with Crippen molar-refractivity contribution in [3.05, 3.63) is 24.3 Å². The van der Waals surface area contributed by atoms with Crippen molar-refractivity contribution in [1.29, 1.82) is 0 Å². The van der Waals surface area contributed by atoms with Crippen LogP contribution in [0.2, 0.25) is 0 Å². The van der Waals surface area contributed by atoms with Crippen molar-refractivity contribution in [2.75, 3.05) is 40.9 Å². The highest BCUT2D eigenvalue weighted by Crippen LogP contribution is 2.43. The molecule has 0 fully saturated rings. The summed E-state index contributed by atoms with van der Waals surface area (Å²) in [5.41, 5.74) is 0. The second-order valence-corrected chi connectivity index (χ2v) is 21.4. The minimum atomic E-state index is -4.34. The van der Waals surface area contributed by atoms with E-state index in [0.29, 0.717) is 17.4 Å². The second-order valence-electron chi connectivity index (χ2n) is 20.0. The van der Waals surface area contributed by atoms with E-state index in [0.717, 1.165) is 51.4 Å². The summed E-state index contributed by atoms with van der Waals surface area (Å²) in [5, 5.41) is 13.9. The number of quaternary nitrogens is 1. The normalized spacial score (nSPS) is 14.2. The number of aliphatic hydroxyl groups excluding tert-OH is 1. The maximum absolute atomic E-state index is 12.9. The third kappa shape index (κ3) is 48.7. The van der Waals surface area contributed by atoms with E-state index in [4.69, 9.17) is 9.05 Å². The molecule has 9 heteroatoms. The van der Waals surface area contributed by atoms with Gasteiger partial charge in [-0.15, -0.1) is 0 Å². The van der Waals surface area contributed by atoms with E-state index in [1.54, 1.807) is 6.08 Å². The predicted octanol–water partition coefficient (Wildman–Crippen LogP) is 16.0. The molecule has 0 bridgehead atoms. The molecule has 8 nitrogen and oxygen atoms in total. The maximum Gasteiger partial charge on any atom is 0.472 e. The highest BCUT2D eigenvalue weighted by atomic mass is 31.2. The highest BCUT2D eigenvalue weighted by molar-refractivity contribution is 7.47. The average molecular weight is 912 g/mol. The zero-order valence-electron chi connectivity index (χ0n) is 42.6. The van der Waals surface area contributed by atoms with Crippen molar-refractivity contribution in [1.82, 2.24) is 5.32 Å². The van der Waals surface area contributed by atoms with Gasteiger partial charge in [0.1, 0.15) is 13.2 Å². The number of hydrogen-bond donors (Lipinski definition) is 3. The van der Waals surface area contributed by atoms with Crippen molar-refractivity contribution in [2.45, 2.75) is 276 Å². The summed E-state index contributed by atoms with van der Waals surface area (Å²) in [6.07, 6.45) is 57.0. The second kappa shape index (κ2) is 46.1.